The number of rotatable bonds is 13. The van der Waals surface area contributed by atoms with Gasteiger partial charge in [-0.2, -0.15) is 0 Å². The standard InChI is InChI=1S/C18H35NO2/c1-4-7-10-11-16(17(20)21)18(14-15-19,12-8-5-2)13-9-6-3/h11H,4-10,12-15,19H2,1-3H3,(H,20,21). The third-order valence-electron chi connectivity index (χ3n) is 4.35. The maximum Gasteiger partial charge on any atom is 0.331 e. The zero-order valence-electron chi connectivity index (χ0n) is 14.3. The Bertz CT molecular complexity index is 302. The van der Waals surface area contributed by atoms with E-state index >= 15 is 0 Å². The van der Waals surface area contributed by atoms with Crippen molar-refractivity contribution < 1.29 is 9.90 Å². The zero-order valence-corrected chi connectivity index (χ0v) is 14.3. The monoisotopic (exact) mass is 297 g/mol. The normalized spacial score (nSPS) is 12.7. The summed E-state index contributed by atoms with van der Waals surface area (Å²) in [5, 5.41) is 9.72. The Balaban J connectivity index is 5.39. The molecule has 0 bridgehead atoms. The topological polar surface area (TPSA) is 63.3 Å². The molecule has 0 aliphatic heterocycles. The van der Waals surface area contributed by atoms with Gasteiger partial charge in [-0.05, 0) is 32.2 Å². The van der Waals surface area contributed by atoms with Crippen LogP contribution in [-0.2, 0) is 4.79 Å². The molecule has 3 heteroatoms. The second-order valence-corrected chi connectivity index (χ2v) is 6.09. The van der Waals surface area contributed by atoms with Crippen molar-refractivity contribution in [3.8, 4) is 0 Å². The van der Waals surface area contributed by atoms with E-state index in [1.54, 1.807) is 0 Å². The first-order valence-corrected chi connectivity index (χ1v) is 8.71. The zero-order chi connectivity index (χ0) is 16.1. The third kappa shape index (κ3) is 7.12. The van der Waals surface area contributed by atoms with Crippen LogP contribution >= 0.6 is 0 Å². The van der Waals surface area contributed by atoms with E-state index in [0.717, 1.165) is 64.2 Å². The molecule has 21 heavy (non-hydrogen) atoms. The van der Waals surface area contributed by atoms with Crippen LogP contribution in [0, 0.1) is 5.41 Å². The molecular formula is C18H35NO2. The van der Waals surface area contributed by atoms with Gasteiger partial charge in [0.25, 0.3) is 0 Å². The molecule has 0 aromatic carbocycles. The lowest BCUT2D eigenvalue weighted by Gasteiger charge is -2.35. The lowest BCUT2D eigenvalue weighted by Crippen LogP contribution is -2.31. The molecule has 3 N–H and O–H groups in total. The minimum Gasteiger partial charge on any atom is -0.478 e. The van der Waals surface area contributed by atoms with Crippen molar-refractivity contribution in [3.05, 3.63) is 11.6 Å². The molecule has 0 aliphatic rings. The summed E-state index contributed by atoms with van der Waals surface area (Å²) in [6.45, 7) is 7.02. The molecule has 0 fully saturated rings. The molecule has 0 atom stereocenters. The van der Waals surface area contributed by atoms with Crippen LogP contribution in [-0.4, -0.2) is 17.6 Å². The summed E-state index contributed by atoms with van der Waals surface area (Å²) >= 11 is 0. The molecule has 0 spiro atoms. The molecule has 0 heterocycles. The van der Waals surface area contributed by atoms with E-state index < -0.39 is 5.97 Å². The van der Waals surface area contributed by atoms with Crippen molar-refractivity contribution in [2.24, 2.45) is 11.1 Å². The second-order valence-electron chi connectivity index (χ2n) is 6.09. The van der Waals surface area contributed by atoms with Crippen molar-refractivity contribution in [1.82, 2.24) is 0 Å². The Hall–Kier alpha value is -0.830. The number of carbonyl (C=O) groups is 1. The van der Waals surface area contributed by atoms with Crippen LogP contribution < -0.4 is 5.73 Å². The van der Waals surface area contributed by atoms with Crippen LogP contribution in [0.2, 0.25) is 0 Å². The quantitative estimate of drug-likeness (QED) is 0.375. The van der Waals surface area contributed by atoms with Gasteiger partial charge in [-0.15, -0.1) is 0 Å². The largest absolute Gasteiger partial charge is 0.478 e. The number of aliphatic carboxylic acids is 1. The van der Waals surface area contributed by atoms with Gasteiger partial charge in [-0.25, -0.2) is 4.79 Å². The fourth-order valence-corrected chi connectivity index (χ4v) is 3.07. The third-order valence-corrected chi connectivity index (χ3v) is 4.35. The molecular weight excluding hydrogens is 262 g/mol. The minimum absolute atomic E-state index is 0.222. The van der Waals surface area contributed by atoms with Crippen LogP contribution in [0.15, 0.2) is 11.6 Å². The molecule has 0 rings (SSSR count). The summed E-state index contributed by atoms with van der Waals surface area (Å²) in [4.78, 5) is 11.8. The van der Waals surface area contributed by atoms with Crippen LogP contribution in [0.5, 0.6) is 0 Å². The van der Waals surface area contributed by atoms with Gasteiger partial charge in [0.2, 0.25) is 0 Å². The van der Waals surface area contributed by atoms with Crippen LogP contribution in [0.3, 0.4) is 0 Å². The Kier molecular flexibility index (Phi) is 11.3. The van der Waals surface area contributed by atoms with Crippen molar-refractivity contribution in [2.75, 3.05) is 6.54 Å². The van der Waals surface area contributed by atoms with Gasteiger partial charge in [-0.1, -0.05) is 65.4 Å². The highest BCUT2D eigenvalue weighted by atomic mass is 16.4. The number of unbranched alkanes of at least 4 members (excludes halogenated alkanes) is 4. The Morgan fingerprint density at radius 3 is 1.90 bits per heavy atom. The minimum atomic E-state index is -0.744. The van der Waals surface area contributed by atoms with E-state index in [1.807, 2.05) is 6.08 Å². The Morgan fingerprint density at radius 2 is 1.52 bits per heavy atom. The first-order chi connectivity index (χ1) is 10.1. The molecule has 0 aliphatic carbocycles. The highest BCUT2D eigenvalue weighted by Crippen LogP contribution is 2.42. The average Bonchev–Trinajstić information content (AvgIpc) is 2.46. The number of hydrogen-bond donors (Lipinski definition) is 2. The van der Waals surface area contributed by atoms with Gasteiger partial charge in [0, 0.05) is 11.0 Å². The van der Waals surface area contributed by atoms with Gasteiger partial charge in [0.15, 0.2) is 0 Å². The van der Waals surface area contributed by atoms with Gasteiger partial charge < -0.3 is 10.8 Å². The van der Waals surface area contributed by atoms with E-state index in [0.29, 0.717) is 12.1 Å². The number of carboxylic acid groups (broad SMARTS) is 1. The number of nitrogens with two attached hydrogens (primary N) is 1. The van der Waals surface area contributed by atoms with E-state index in [-0.39, 0.29) is 5.41 Å². The van der Waals surface area contributed by atoms with E-state index in [1.165, 1.54) is 0 Å². The molecule has 0 amide bonds. The van der Waals surface area contributed by atoms with Gasteiger partial charge >= 0.3 is 5.97 Å². The van der Waals surface area contributed by atoms with E-state index in [9.17, 15) is 9.90 Å². The highest BCUT2D eigenvalue weighted by Gasteiger charge is 2.36. The van der Waals surface area contributed by atoms with Crippen molar-refractivity contribution in [3.63, 3.8) is 0 Å². The van der Waals surface area contributed by atoms with Crippen LogP contribution in [0.1, 0.15) is 85.0 Å². The molecule has 3 nitrogen and oxygen atoms in total. The fourth-order valence-electron chi connectivity index (χ4n) is 3.07. The summed E-state index contributed by atoms with van der Waals surface area (Å²) in [6, 6.07) is 0. The number of allylic oxidation sites excluding steroid dienone is 1. The summed E-state index contributed by atoms with van der Waals surface area (Å²) in [7, 11) is 0. The first-order valence-electron chi connectivity index (χ1n) is 8.71. The molecule has 0 unspecified atom stereocenters. The predicted molar refractivity (Wildman–Crippen MR) is 90.4 cm³/mol. The maximum atomic E-state index is 11.8. The lowest BCUT2D eigenvalue weighted by molar-refractivity contribution is -0.134. The van der Waals surface area contributed by atoms with Crippen LogP contribution in [0.25, 0.3) is 0 Å². The Labute approximate surface area is 131 Å². The highest BCUT2D eigenvalue weighted by molar-refractivity contribution is 5.88. The number of carboxylic acids is 1. The van der Waals surface area contributed by atoms with E-state index in [4.69, 9.17) is 5.73 Å². The smallest absolute Gasteiger partial charge is 0.331 e. The summed E-state index contributed by atoms with van der Waals surface area (Å²) in [5.74, 6) is -0.744. The predicted octanol–water partition coefficient (Wildman–Crippen LogP) is 4.90. The van der Waals surface area contributed by atoms with Crippen LogP contribution in [0.4, 0.5) is 0 Å². The Morgan fingerprint density at radius 1 is 1.00 bits per heavy atom. The van der Waals surface area contributed by atoms with Gasteiger partial charge in [0.05, 0.1) is 0 Å². The average molecular weight is 297 g/mol. The summed E-state index contributed by atoms with van der Waals surface area (Å²) < 4.78 is 0. The van der Waals surface area contributed by atoms with Crippen molar-refractivity contribution in [2.45, 2.75) is 85.0 Å². The first kappa shape index (κ1) is 20.2. The molecule has 124 valence electrons. The molecule has 0 aromatic rings. The second kappa shape index (κ2) is 11.8. The lowest BCUT2D eigenvalue weighted by atomic mass is 9.69. The molecule has 0 saturated carbocycles. The fraction of sp³-hybridized carbons (Fsp3) is 0.833. The SMILES string of the molecule is CCCCC=C(C(=O)O)C(CCN)(CCCC)CCCC. The van der Waals surface area contributed by atoms with Crippen molar-refractivity contribution >= 4 is 5.97 Å². The summed E-state index contributed by atoms with van der Waals surface area (Å²) in [5.41, 5.74) is 6.24. The van der Waals surface area contributed by atoms with Gasteiger partial charge in [-0.3, -0.25) is 0 Å². The maximum absolute atomic E-state index is 11.8. The van der Waals surface area contributed by atoms with Gasteiger partial charge in [0.1, 0.15) is 0 Å². The molecule has 0 radical (unpaired) electrons. The molecule has 0 saturated heterocycles. The molecule has 0 aromatic heterocycles. The summed E-state index contributed by atoms with van der Waals surface area (Å²) in [6.07, 6.45) is 12.0. The van der Waals surface area contributed by atoms with Crippen molar-refractivity contribution in [1.29, 1.82) is 0 Å². The van der Waals surface area contributed by atoms with E-state index in [2.05, 4.69) is 20.8 Å². The number of hydrogen-bond acceptors (Lipinski definition) is 2.